The summed E-state index contributed by atoms with van der Waals surface area (Å²) in [7, 11) is 1.61. The Morgan fingerprint density at radius 3 is 2.78 bits per heavy atom. The summed E-state index contributed by atoms with van der Waals surface area (Å²) in [6, 6.07) is 11.7. The molecule has 0 saturated heterocycles. The average Bonchev–Trinajstić information content (AvgIpc) is 3.11. The van der Waals surface area contributed by atoms with Crippen LogP contribution in [-0.4, -0.2) is 32.1 Å². The van der Waals surface area contributed by atoms with Crippen LogP contribution in [0, 0.1) is 0 Å². The predicted molar refractivity (Wildman–Crippen MR) is 86.4 cm³/mol. The molecule has 0 bridgehead atoms. The maximum absolute atomic E-state index is 5.12. The Bertz CT molecular complexity index is 957. The van der Waals surface area contributed by atoms with Crippen molar-refractivity contribution >= 4 is 10.8 Å². The summed E-state index contributed by atoms with van der Waals surface area (Å²) < 4.78 is 6.87. The van der Waals surface area contributed by atoms with E-state index in [1.807, 2.05) is 48.8 Å². The second-order valence-corrected chi connectivity index (χ2v) is 5.01. The minimum Gasteiger partial charge on any atom is -0.495 e. The molecule has 0 saturated carbocycles. The number of benzene rings is 1. The summed E-state index contributed by atoms with van der Waals surface area (Å²) in [6.45, 7) is 0. The molecule has 0 amide bonds. The molecule has 23 heavy (non-hydrogen) atoms. The van der Waals surface area contributed by atoms with E-state index in [9.17, 15) is 0 Å². The van der Waals surface area contributed by atoms with Gasteiger partial charge in [-0.1, -0.05) is 17.3 Å². The molecule has 4 rings (SSSR count). The summed E-state index contributed by atoms with van der Waals surface area (Å²) in [5, 5.41) is 10.6. The molecule has 0 radical (unpaired) electrons. The van der Waals surface area contributed by atoms with Gasteiger partial charge in [0.05, 0.1) is 30.9 Å². The molecule has 1 aromatic carbocycles. The molecule has 112 valence electrons. The van der Waals surface area contributed by atoms with Gasteiger partial charge in [-0.2, -0.15) is 0 Å². The van der Waals surface area contributed by atoms with E-state index in [-0.39, 0.29) is 0 Å². The minimum atomic E-state index is 0.707. The fourth-order valence-corrected chi connectivity index (χ4v) is 2.46. The quantitative estimate of drug-likeness (QED) is 0.582. The van der Waals surface area contributed by atoms with Crippen molar-refractivity contribution in [3.8, 4) is 22.8 Å². The van der Waals surface area contributed by atoms with Gasteiger partial charge in [0.25, 0.3) is 0 Å². The molecular formula is C17H13N5O. The van der Waals surface area contributed by atoms with E-state index >= 15 is 0 Å². The first kappa shape index (κ1) is 13.4. The standard InChI is InChI=1S/C17H13N5O/c1-23-13-5-6-15(19-10-13)16-11-22(21-20-16)17-4-2-3-12-9-18-8-7-14(12)17/h2-11H,1H3. The highest BCUT2D eigenvalue weighted by Crippen LogP contribution is 2.23. The summed E-state index contributed by atoms with van der Waals surface area (Å²) in [5.74, 6) is 0.711. The van der Waals surface area contributed by atoms with Crippen molar-refractivity contribution in [3.63, 3.8) is 0 Å². The number of rotatable bonds is 3. The highest BCUT2D eigenvalue weighted by molar-refractivity contribution is 5.89. The Hall–Kier alpha value is -3.28. The molecule has 0 aliphatic rings. The van der Waals surface area contributed by atoms with Crippen LogP contribution < -0.4 is 4.74 Å². The first-order valence-electron chi connectivity index (χ1n) is 7.11. The van der Waals surface area contributed by atoms with Crippen LogP contribution in [0.2, 0.25) is 0 Å². The number of aromatic nitrogens is 5. The SMILES string of the molecule is COc1ccc(-c2cn(-c3cccc4cnccc34)nn2)nc1. The highest BCUT2D eigenvalue weighted by Gasteiger charge is 2.09. The third-order valence-corrected chi connectivity index (χ3v) is 3.63. The zero-order chi connectivity index (χ0) is 15.6. The summed E-state index contributed by atoms with van der Waals surface area (Å²) in [4.78, 5) is 8.49. The molecule has 0 atom stereocenters. The van der Waals surface area contributed by atoms with Gasteiger partial charge in [0.15, 0.2) is 0 Å². The molecule has 3 heterocycles. The zero-order valence-electron chi connectivity index (χ0n) is 12.4. The fraction of sp³-hybridized carbons (Fsp3) is 0.0588. The van der Waals surface area contributed by atoms with E-state index in [1.165, 1.54) is 0 Å². The molecule has 4 aromatic rings. The number of hydrogen-bond donors (Lipinski definition) is 0. The summed E-state index contributed by atoms with van der Waals surface area (Å²) in [6.07, 6.45) is 7.14. The summed E-state index contributed by atoms with van der Waals surface area (Å²) >= 11 is 0. The van der Waals surface area contributed by atoms with Gasteiger partial charge in [-0.15, -0.1) is 5.10 Å². The molecule has 0 fully saturated rings. The largest absolute Gasteiger partial charge is 0.495 e. The van der Waals surface area contributed by atoms with Gasteiger partial charge in [-0.25, -0.2) is 4.68 Å². The molecule has 0 N–H and O–H groups in total. The molecule has 0 spiro atoms. The van der Waals surface area contributed by atoms with E-state index in [0.29, 0.717) is 11.4 Å². The van der Waals surface area contributed by atoms with Gasteiger partial charge in [0, 0.05) is 23.2 Å². The van der Waals surface area contributed by atoms with E-state index in [0.717, 1.165) is 22.2 Å². The van der Waals surface area contributed by atoms with Crippen LogP contribution in [0.25, 0.3) is 27.8 Å². The number of pyridine rings is 2. The number of fused-ring (bicyclic) bond motifs is 1. The van der Waals surface area contributed by atoms with Gasteiger partial charge in [0.2, 0.25) is 0 Å². The van der Waals surface area contributed by atoms with E-state index in [2.05, 4.69) is 20.3 Å². The lowest BCUT2D eigenvalue weighted by Gasteiger charge is -2.04. The number of ether oxygens (including phenoxy) is 1. The second kappa shape index (κ2) is 5.49. The third-order valence-electron chi connectivity index (χ3n) is 3.63. The van der Waals surface area contributed by atoms with Crippen LogP contribution in [-0.2, 0) is 0 Å². The lowest BCUT2D eigenvalue weighted by molar-refractivity contribution is 0.413. The van der Waals surface area contributed by atoms with Gasteiger partial charge in [-0.05, 0) is 24.3 Å². The van der Waals surface area contributed by atoms with E-state index in [4.69, 9.17) is 4.74 Å². The molecule has 6 heteroatoms. The number of nitrogens with zero attached hydrogens (tertiary/aromatic N) is 5. The van der Waals surface area contributed by atoms with Crippen LogP contribution in [0.5, 0.6) is 5.75 Å². The van der Waals surface area contributed by atoms with Crippen molar-refractivity contribution in [3.05, 3.63) is 61.2 Å². The lowest BCUT2D eigenvalue weighted by Crippen LogP contribution is -1.96. The smallest absolute Gasteiger partial charge is 0.137 e. The van der Waals surface area contributed by atoms with Crippen molar-refractivity contribution in [2.75, 3.05) is 7.11 Å². The van der Waals surface area contributed by atoms with Gasteiger partial charge in [-0.3, -0.25) is 9.97 Å². The Morgan fingerprint density at radius 1 is 1.00 bits per heavy atom. The van der Waals surface area contributed by atoms with Gasteiger partial charge in [0.1, 0.15) is 11.4 Å². The van der Waals surface area contributed by atoms with Gasteiger partial charge >= 0.3 is 0 Å². The molecular weight excluding hydrogens is 290 g/mol. The highest BCUT2D eigenvalue weighted by atomic mass is 16.5. The zero-order valence-corrected chi connectivity index (χ0v) is 12.4. The third kappa shape index (κ3) is 2.40. The Labute approximate surface area is 132 Å². The molecule has 3 aromatic heterocycles. The Morgan fingerprint density at radius 2 is 1.96 bits per heavy atom. The number of hydrogen-bond acceptors (Lipinski definition) is 5. The van der Waals surface area contributed by atoms with Crippen LogP contribution in [0.1, 0.15) is 0 Å². The molecule has 6 nitrogen and oxygen atoms in total. The van der Waals surface area contributed by atoms with Crippen molar-refractivity contribution in [2.45, 2.75) is 0 Å². The monoisotopic (exact) mass is 303 g/mol. The maximum Gasteiger partial charge on any atom is 0.137 e. The summed E-state index contributed by atoms with van der Waals surface area (Å²) in [5.41, 5.74) is 2.41. The minimum absolute atomic E-state index is 0.707. The Kier molecular flexibility index (Phi) is 3.20. The Balaban J connectivity index is 1.77. The molecule has 0 aliphatic carbocycles. The average molecular weight is 303 g/mol. The topological polar surface area (TPSA) is 65.7 Å². The predicted octanol–water partition coefficient (Wildman–Crippen LogP) is 2.89. The first-order chi connectivity index (χ1) is 11.3. The van der Waals surface area contributed by atoms with Crippen molar-refractivity contribution in [2.24, 2.45) is 0 Å². The van der Waals surface area contributed by atoms with Crippen molar-refractivity contribution < 1.29 is 4.74 Å². The fourth-order valence-electron chi connectivity index (χ4n) is 2.46. The van der Waals surface area contributed by atoms with Crippen LogP contribution >= 0.6 is 0 Å². The second-order valence-electron chi connectivity index (χ2n) is 5.01. The van der Waals surface area contributed by atoms with Crippen LogP contribution in [0.4, 0.5) is 0 Å². The van der Waals surface area contributed by atoms with Crippen molar-refractivity contribution in [1.29, 1.82) is 0 Å². The first-order valence-corrected chi connectivity index (χ1v) is 7.11. The molecule has 0 unspecified atom stereocenters. The maximum atomic E-state index is 5.12. The van der Waals surface area contributed by atoms with Gasteiger partial charge < -0.3 is 4.74 Å². The van der Waals surface area contributed by atoms with Crippen LogP contribution in [0.15, 0.2) is 61.2 Å². The lowest BCUT2D eigenvalue weighted by atomic mass is 10.1. The van der Waals surface area contributed by atoms with Crippen molar-refractivity contribution in [1.82, 2.24) is 25.0 Å². The molecule has 0 aliphatic heterocycles. The van der Waals surface area contributed by atoms with E-state index < -0.39 is 0 Å². The number of methoxy groups -OCH3 is 1. The normalized spacial score (nSPS) is 10.8. The van der Waals surface area contributed by atoms with Crippen LogP contribution in [0.3, 0.4) is 0 Å². The van der Waals surface area contributed by atoms with E-state index in [1.54, 1.807) is 24.2 Å².